The number of benzene rings is 3. The van der Waals surface area contributed by atoms with Gasteiger partial charge in [-0.1, -0.05) is 49.7 Å². The van der Waals surface area contributed by atoms with Crippen molar-refractivity contribution in [2.45, 2.75) is 25.9 Å². The van der Waals surface area contributed by atoms with Gasteiger partial charge in [0.05, 0.1) is 13.2 Å². The number of ether oxygens (including phenoxy) is 2. The Balaban J connectivity index is 1.58. The van der Waals surface area contributed by atoms with E-state index >= 15 is 0 Å². The van der Waals surface area contributed by atoms with Crippen LogP contribution in [0.1, 0.15) is 25.0 Å². The second-order valence-electron chi connectivity index (χ2n) is 7.09. The first kappa shape index (κ1) is 19.4. The summed E-state index contributed by atoms with van der Waals surface area (Å²) in [5.74, 6) is 1.01. The van der Waals surface area contributed by atoms with Crippen LogP contribution in [0.4, 0.5) is 4.39 Å². The summed E-state index contributed by atoms with van der Waals surface area (Å²) in [6.45, 7) is 5.35. The maximum atomic E-state index is 13.0. The Bertz CT molecular complexity index is 874. The summed E-state index contributed by atoms with van der Waals surface area (Å²) in [5, 5.41) is 0.730. The van der Waals surface area contributed by atoms with Crippen molar-refractivity contribution in [3.63, 3.8) is 0 Å². The second kappa shape index (κ2) is 8.55. The number of rotatable bonds is 7. The quantitative estimate of drug-likeness (QED) is 0.447. The van der Waals surface area contributed by atoms with E-state index in [2.05, 4.69) is 13.8 Å². The molecule has 0 aliphatic carbocycles. The molecule has 0 saturated heterocycles. The monoisotopic (exact) mass is 384 g/mol. The Morgan fingerprint density at radius 2 is 1.59 bits per heavy atom. The maximum Gasteiger partial charge on any atom is 0.127 e. The summed E-state index contributed by atoms with van der Waals surface area (Å²) < 4.78 is 24.7. The van der Waals surface area contributed by atoms with E-state index in [1.807, 2.05) is 48.5 Å². The van der Waals surface area contributed by atoms with Gasteiger partial charge < -0.3 is 9.47 Å². The van der Waals surface area contributed by atoms with Gasteiger partial charge in [-0.15, -0.1) is 0 Å². The Morgan fingerprint density at radius 3 is 2.30 bits per heavy atom. The molecule has 0 heterocycles. The Morgan fingerprint density at radius 1 is 0.889 bits per heavy atom. The van der Waals surface area contributed by atoms with Crippen molar-refractivity contribution in [3.8, 4) is 11.5 Å². The molecule has 0 aliphatic heterocycles. The third-order valence-corrected chi connectivity index (χ3v) is 4.56. The molecule has 0 saturated carbocycles. The van der Waals surface area contributed by atoms with E-state index in [0.717, 1.165) is 10.6 Å². The van der Waals surface area contributed by atoms with Gasteiger partial charge in [0.15, 0.2) is 0 Å². The summed E-state index contributed by atoms with van der Waals surface area (Å²) in [4.78, 5) is 0. The van der Waals surface area contributed by atoms with Crippen LogP contribution in [0.25, 0.3) is 0 Å². The van der Waals surface area contributed by atoms with Gasteiger partial charge in [0.1, 0.15) is 17.3 Å². The van der Waals surface area contributed by atoms with E-state index in [1.54, 1.807) is 12.1 Å². The first-order chi connectivity index (χ1) is 12.9. The Labute approximate surface area is 164 Å². The van der Waals surface area contributed by atoms with Crippen molar-refractivity contribution in [3.05, 3.63) is 94.8 Å². The highest BCUT2D eigenvalue weighted by molar-refractivity contribution is 6.30. The minimum atomic E-state index is -0.284. The van der Waals surface area contributed by atoms with Gasteiger partial charge in [-0.3, -0.25) is 0 Å². The standard InChI is InChI=1S/C23H22ClFO2/c1-23(2,18-6-8-19(24)9-7-18)16-26-15-17-4-3-5-22(14-17)27-21-12-10-20(25)11-13-21/h3-14H,15-16H2,1-2H3. The zero-order valence-electron chi connectivity index (χ0n) is 15.4. The zero-order valence-corrected chi connectivity index (χ0v) is 16.2. The summed E-state index contributed by atoms with van der Waals surface area (Å²) >= 11 is 5.97. The highest BCUT2D eigenvalue weighted by Gasteiger charge is 2.20. The van der Waals surface area contributed by atoms with Gasteiger partial charge in [-0.25, -0.2) is 4.39 Å². The molecule has 4 heteroatoms. The average molecular weight is 385 g/mol. The second-order valence-corrected chi connectivity index (χ2v) is 7.52. The fraction of sp³-hybridized carbons (Fsp3) is 0.217. The smallest absolute Gasteiger partial charge is 0.127 e. The SMILES string of the molecule is CC(C)(COCc1cccc(Oc2ccc(F)cc2)c1)c1ccc(Cl)cc1. The van der Waals surface area contributed by atoms with Crippen LogP contribution in [0.3, 0.4) is 0 Å². The van der Waals surface area contributed by atoms with Gasteiger partial charge in [-0.2, -0.15) is 0 Å². The topological polar surface area (TPSA) is 18.5 Å². The average Bonchev–Trinajstić information content (AvgIpc) is 2.64. The summed E-state index contributed by atoms with van der Waals surface area (Å²) in [6.07, 6.45) is 0. The van der Waals surface area contributed by atoms with Gasteiger partial charge in [0.25, 0.3) is 0 Å². The largest absolute Gasteiger partial charge is 0.457 e. The molecule has 0 fully saturated rings. The lowest BCUT2D eigenvalue weighted by molar-refractivity contribution is 0.0824. The number of hydrogen-bond acceptors (Lipinski definition) is 2. The first-order valence-electron chi connectivity index (χ1n) is 8.78. The zero-order chi connectivity index (χ0) is 19.3. The summed E-state index contributed by atoms with van der Waals surface area (Å²) in [5.41, 5.74) is 2.08. The van der Waals surface area contributed by atoms with Crippen LogP contribution in [-0.4, -0.2) is 6.61 Å². The number of halogens is 2. The Kier molecular flexibility index (Phi) is 6.15. The lowest BCUT2D eigenvalue weighted by Crippen LogP contribution is -2.24. The summed E-state index contributed by atoms with van der Waals surface area (Å²) in [6, 6.07) is 21.5. The molecule has 0 radical (unpaired) electrons. The lowest BCUT2D eigenvalue weighted by atomic mass is 9.86. The molecule has 0 aromatic heterocycles. The van der Waals surface area contributed by atoms with Crippen LogP contribution in [0.2, 0.25) is 5.02 Å². The third kappa shape index (κ3) is 5.56. The number of hydrogen-bond donors (Lipinski definition) is 0. The lowest BCUT2D eigenvalue weighted by Gasteiger charge is -2.25. The van der Waals surface area contributed by atoms with Crippen LogP contribution in [0.5, 0.6) is 11.5 Å². The minimum Gasteiger partial charge on any atom is -0.457 e. The fourth-order valence-electron chi connectivity index (χ4n) is 2.75. The van der Waals surface area contributed by atoms with Crippen LogP contribution in [0.15, 0.2) is 72.8 Å². The van der Waals surface area contributed by atoms with Crippen molar-refractivity contribution in [2.75, 3.05) is 6.61 Å². The van der Waals surface area contributed by atoms with E-state index in [1.165, 1.54) is 17.7 Å². The fourth-order valence-corrected chi connectivity index (χ4v) is 2.87. The molecular weight excluding hydrogens is 363 g/mol. The molecule has 27 heavy (non-hydrogen) atoms. The molecule has 0 aliphatic rings. The van der Waals surface area contributed by atoms with Gasteiger partial charge in [-0.05, 0) is 59.7 Å². The molecule has 2 nitrogen and oxygen atoms in total. The van der Waals surface area contributed by atoms with Crippen molar-refractivity contribution in [1.82, 2.24) is 0 Å². The molecular formula is C23H22ClFO2. The highest BCUT2D eigenvalue weighted by atomic mass is 35.5. The van der Waals surface area contributed by atoms with Crippen molar-refractivity contribution in [2.24, 2.45) is 0 Å². The predicted molar refractivity (Wildman–Crippen MR) is 107 cm³/mol. The van der Waals surface area contributed by atoms with Crippen LogP contribution >= 0.6 is 11.6 Å². The highest BCUT2D eigenvalue weighted by Crippen LogP contribution is 2.26. The summed E-state index contributed by atoms with van der Waals surface area (Å²) in [7, 11) is 0. The van der Waals surface area contributed by atoms with E-state index in [4.69, 9.17) is 21.1 Å². The van der Waals surface area contributed by atoms with Crippen LogP contribution in [-0.2, 0) is 16.8 Å². The molecule has 0 unspecified atom stereocenters. The predicted octanol–water partition coefficient (Wildman–Crippen LogP) is 6.77. The van der Waals surface area contributed by atoms with Gasteiger partial charge in [0, 0.05) is 10.4 Å². The molecule has 3 rings (SSSR count). The van der Waals surface area contributed by atoms with E-state index in [-0.39, 0.29) is 11.2 Å². The molecule has 140 valence electrons. The molecule has 0 atom stereocenters. The Hall–Kier alpha value is -2.36. The molecule has 0 amide bonds. The molecule has 0 spiro atoms. The van der Waals surface area contributed by atoms with Crippen molar-refractivity contribution < 1.29 is 13.9 Å². The van der Waals surface area contributed by atoms with Gasteiger partial charge >= 0.3 is 0 Å². The molecule has 3 aromatic carbocycles. The van der Waals surface area contributed by atoms with Crippen LogP contribution in [0, 0.1) is 5.82 Å². The van der Waals surface area contributed by atoms with E-state index in [9.17, 15) is 4.39 Å². The van der Waals surface area contributed by atoms with Gasteiger partial charge in [0.2, 0.25) is 0 Å². The normalized spacial score (nSPS) is 11.4. The van der Waals surface area contributed by atoms with E-state index in [0.29, 0.717) is 24.7 Å². The van der Waals surface area contributed by atoms with Crippen LogP contribution < -0.4 is 4.74 Å². The minimum absolute atomic E-state index is 0.118. The van der Waals surface area contributed by atoms with Crippen molar-refractivity contribution >= 4 is 11.6 Å². The first-order valence-corrected chi connectivity index (χ1v) is 9.16. The van der Waals surface area contributed by atoms with E-state index < -0.39 is 0 Å². The molecule has 0 N–H and O–H groups in total. The van der Waals surface area contributed by atoms with Crippen molar-refractivity contribution in [1.29, 1.82) is 0 Å². The molecule has 0 bridgehead atoms. The maximum absolute atomic E-state index is 13.0. The molecule has 3 aromatic rings. The third-order valence-electron chi connectivity index (χ3n) is 4.31.